The highest BCUT2D eigenvalue weighted by atomic mass is 32.1. The molecular weight excluding hydrogens is 488 g/mol. The van der Waals surface area contributed by atoms with E-state index in [1.54, 1.807) is 11.3 Å². The normalized spacial score (nSPS) is 12.5. The molecule has 0 unspecified atom stereocenters. The maximum Gasteiger partial charge on any atom is 0.243 e. The van der Waals surface area contributed by atoms with E-state index in [9.17, 15) is 4.79 Å². The first-order valence-electron chi connectivity index (χ1n) is 13.0. The average molecular weight is 521 g/mol. The number of benzene rings is 4. The zero-order valence-corrected chi connectivity index (χ0v) is 22.1. The van der Waals surface area contributed by atoms with Crippen molar-refractivity contribution < 1.29 is 4.79 Å². The molecule has 38 heavy (non-hydrogen) atoms. The summed E-state index contributed by atoms with van der Waals surface area (Å²) in [6, 6.07) is 34.3. The Morgan fingerprint density at radius 3 is 2.37 bits per heavy atom. The van der Waals surface area contributed by atoms with Gasteiger partial charge in [0.2, 0.25) is 5.91 Å². The van der Waals surface area contributed by atoms with Gasteiger partial charge in [-0.1, -0.05) is 91.0 Å². The zero-order chi connectivity index (χ0) is 26.2. The summed E-state index contributed by atoms with van der Waals surface area (Å²) in [6.45, 7) is 1.21. The summed E-state index contributed by atoms with van der Waals surface area (Å²) in [5.41, 5.74) is 9.71. The summed E-state index contributed by atoms with van der Waals surface area (Å²) in [5, 5.41) is 7.63. The molecule has 0 radical (unpaired) electrons. The van der Waals surface area contributed by atoms with Crippen molar-refractivity contribution in [3.8, 4) is 11.3 Å². The third kappa shape index (κ3) is 5.93. The molecule has 5 aromatic rings. The van der Waals surface area contributed by atoms with Gasteiger partial charge >= 0.3 is 0 Å². The molecule has 1 heterocycles. The van der Waals surface area contributed by atoms with Crippen molar-refractivity contribution in [2.24, 2.45) is 10.7 Å². The number of carbonyl (C=O) groups excluding carboxylic acids is 1. The Bertz CT molecular complexity index is 1550. The number of hydrogen-bond donors (Lipinski definition) is 2. The second kappa shape index (κ2) is 12.5. The monoisotopic (exact) mass is 520 g/mol. The van der Waals surface area contributed by atoms with Gasteiger partial charge in [0.05, 0.1) is 11.4 Å². The summed E-state index contributed by atoms with van der Waals surface area (Å²) in [4.78, 5) is 19.7. The lowest BCUT2D eigenvalue weighted by Gasteiger charge is -2.22. The number of carbonyl (C=O) groups is 1. The fraction of sp³-hybridized carbons (Fsp3) is 0.188. The Kier molecular flexibility index (Phi) is 8.43. The fourth-order valence-electron chi connectivity index (χ4n) is 4.71. The minimum atomic E-state index is -0.484. The van der Waals surface area contributed by atoms with Crippen molar-refractivity contribution in [3.63, 3.8) is 0 Å². The molecule has 0 fully saturated rings. The van der Waals surface area contributed by atoms with Gasteiger partial charge < -0.3 is 15.6 Å². The SMILES string of the molecule is NCCCCNC(=O)[C@H](Cc1cccc2ccccc12)n1c(-c2ccccc2)csc1=Nc1ccccc1. The highest BCUT2D eigenvalue weighted by Crippen LogP contribution is 2.28. The Morgan fingerprint density at radius 2 is 1.58 bits per heavy atom. The van der Waals surface area contributed by atoms with Crippen LogP contribution in [0.3, 0.4) is 0 Å². The van der Waals surface area contributed by atoms with E-state index in [1.165, 1.54) is 5.39 Å². The van der Waals surface area contributed by atoms with E-state index in [4.69, 9.17) is 10.7 Å². The second-order valence-electron chi connectivity index (χ2n) is 9.23. The molecule has 0 spiro atoms. The van der Waals surface area contributed by atoms with Gasteiger partial charge in [0.25, 0.3) is 0 Å². The van der Waals surface area contributed by atoms with E-state index >= 15 is 0 Å². The third-order valence-corrected chi connectivity index (χ3v) is 7.47. The number of nitrogens with one attached hydrogen (secondary N) is 1. The molecule has 0 aliphatic heterocycles. The number of hydrogen-bond acceptors (Lipinski definition) is 4. The Balaban J connectivity index is 1.65. The molecule has 0 aliphatic rings. The van der Waals surface area contributed by atoms with Crippen LogP contribution in [-0.4, -0.2) is 23.6 Å². The fourth-order valence-corrected chi connectivity index (χ4v) is 5.68. The third-order valence-electron chi connectivity index (χ3n) is 6.63. The number of aromatic nitrogens is 1. The molecule has 1 aromatic heterocycles. The van der Waals surface area contributed by atoms with Crippen molar-refractivity contribution in [3.05, 3.63) is 119 Å². The molecule has 0 saturated carbocycles. The Labute approximate surface area is 227 Å². The quantitative estimate of drug-likeness (QED) is 0.214. The molecule has 4 aromatic carbocycles. The molecule has 0 aliphatic carbocycles. The number of nitrogens with two attached hydrogens (primary N) is 1. The molecule has 0 bridgehead atoms. The molecule has 192 valence electrons. The van der Waals surface area contributed by atoms with Crippen LogP contribution in [0.5, 0.6) is 0 Å². The lowest BCUT2D eigenvalue weighted by atomic mass is 9.97. The smallest absolute Gasteiger partial charge is 0.243 e. The van der Waals surface area contributed by atoms with Gasteiger partial charge in [-0.25, -0.2) is 4.99 Å². The minimum absolute atomic E-state index is 0.0138. The number of unbranched alkanes of at least 4 members (excludes halogenated alkanes) is 1. The highest BCUT2D eigenvalue weighted by Gasteiger charge is 2.26. The van der Waals surface area contributed by atoms with Gasteiger partial charge in [-0.05, 0) is 53.4 Å². The van der Waals surface area contributed by atoms with Crippen LogP contribution in [0.15, 0.2) is 114 Å². The summed E-state index contributed by atoms with van der Waals surface area (Å²) in [6.07, 6.45) is 2.27. The van der Waals surface area contributed by atoms with Gasteiger partial charge in [-0.3, -0.25) is 4.79 Å². The van der Waals surface area contributed by atoms with Gasteiger partial charge in [0, 0.05) is 18.3 Å². The lowest BCUT2D eigenvalue weighted by molar-refractivity contribution is -0.124. The Morgan fingerprint density at radius 1 is 0.868 bits per heavy atom. The second-order valence-corrected chi connectivity index (χ2v) is 10.1. The van der Waals surface area contributed by atoms with Crippen LogP contribution in [0.25, 0.3) is 22.0 Å². The summed E-state index contributed by atoms with van der Waals surface area (Å²) < 4.78 is 2.12. The predicted molar refractivity (Wildman–Crippen MR) is 157 cm³/mol. The number of amides is 1. The van der Waals surface area contributed by atoms with E-state index in [-0.39, 0.29) is 5.91 Å². The van der Waals surface area contributed by atoms with Crippen LogP contribution in [0.1, 0.15) is 24.4 Å². The largest absolute Gasteiger partial charge is 0.354 e. The molecule has 1 amide bonds. The van der Waals surface area contributed by atoms with E-state index in [2.05, 4.69) is 63.8 Å². The molecule has 1 atom stereocenters. The molecule has 6 heteroatoms. The van der Waals surface area contributed by atoms with Crippen LogP contribution in [0, 0.1) is 0 Å². The number of nitrogens with zero attached hydrogens (tertiary/aromatic N) is 2. The number of para-hydroxylation sites is 1. The summed E-state index contributed by atoms with van der Waals surface area (Å²) >= 11 is 1.56. The van der Waals surface area contributed by atoms with E-state index in [0.717, 1.165) is 45.5 Å². The standard InChI is InChI=1S/C32H32N4OS/c33-20-9-10-21-34-31(37)29(22-26-16-11-15-24-12-7-8-19-28(24)26)36-30(25-13-3-1-4-14-25)23-38-32(36)35-27-17-5-2-6-18-27/h1-8,11-19,23,29H,9-10,20-22,33H2,(H,34,37)/t29-/m0/s1. The van der Waals surface area contributed by atoms with Crippen molar-refractivity contribution in [1.82, 2.24) is 9.88 Å². The first kappa shape index (κ1) is 25.6. The highest BCUT2D eigenvalue weighted by molar-refractivity contribution is 7.07. The van der Waals surface area contributed by atoms with Crippen LogP contribution >= 0.6 is 11.3 Å². The first-order valence-corrected chi connectivity index (χ1v) is 13.9. The van der Waals surface area contributed by atoms with Crippen LogP contribution < -0.4 is 15.9 Å². The number of fused-ring (bicyclic) bond motifs is 1. The molecular formula is C32H32N4OS. The first-order chi connectivity index (χ1) is 18.7. The van der Waals surface area contributed by atoms with Crippen LogP contribution in [-0.2, 0) is 11.2 Å². The minimum Gasteiger partial charge on any atom is -0.354 e. The lowest BCUT2D eigenvalue weighted by Crippen LogP contribution is -2.38. The average Bonchev–Trinajstić information content (AvgIpc) is 3.38. The topological polar surface area (TPSA) is 72.4 Å². The molecule has 0 saturated heterocycles. The maximum atomic E-state index is 13.9. The number of rotatable bonds is 10. The van der Waals surface area contributed by atoms with Crippen molar-refractivity contribution in [2.45, 2.75) is 25.3 Å². The van der Waals surface area contributed by atoms with Gasteiger partial charge in [-0.15, -0.1) is 11.3 Å². The molecule has 3 N–H and O–H groups in total. The van der Waals surface area contributed by atoms with Crippen molar-refractivity contribution >= 4 is 33.7 Å². The number of thiazole rings is 1. The van der Waals surface area contributed by atoms with Crippen molar-refractivity contribution in [2.75, 3.05) is 13.1 Å². The molecule has 5 nitrogen and oxygen atoms in total. The Hall–Kier alpha value is -4.00. The van der Waals surface area contributed by atoms with Gasteiger partial charge in [0.1, 0.15) is 6.04 Å². The van der Waals surface area contributed by atoms with Crippen LogP contribution in [0.4, 0.5) is 5.69 Å². The van der Waals surface area contributed by atoms with Gasteiger partial charge in [-0.2, -0.15) is 0 Å². The van der Waals surface area contributed by atoms with E-state index in [0.29, 0.717) is 19.5 Å². The van der Waals surface area contributed by atoms with E-state index < -0.39 is 6.04 Å². The van der Waals surface area contributed by atoms with Crippen LogP contribution in [0.2, 0.25) is 0 Å². The van der Waals surface area contributed by atoms with Crippen molar-refractivity contribution in [1.29, 1.82) is 0 Å². The van der Waals surface area contributed by atoms with Gasteiger partial charge in [0.15, 0.2) is 4.80 Å². The zero-order valence-electron chi connectivity index (χ0n) is 21.3. The summed E-state index contributed by atoms with van der Waals surface area (Å²) in [7, 11) is 0. The maximum absolute atomic E-state index is 13.9. The predicted octanol–water partition coefficient (Wildman–Crippen LogP) is 6.24. The van der Waals surface area contributed by atoms with E-state index in [1.807, 2.05) is 54.6 Å². The molecule has 5 rings (SSSR count). The summed E-state index contributed by atoms with van der Waals surface area (Å²) in [5.74, 6) is -0.0138.